The number of aliphatic hydroxyl groups is 1. The van der Waals surface area contributed by atoms with Crippen molar-refractivity contribution in [3.8, 4) is 0 Å². The fourth-order valence-corrected chi connectivity index (χ4v) is 2.77. The van der Waals surface area contributed by atoms with E-state index in [4.69, 9.17) is 16.6 Å². The first kappa shape index (κ1) is 27.5. The molecule has 1 aromatic rings. The number of nitrogens with two attached hydrogens (primary N) is 2. The van der Waals surface area contributed by atoms with Gasteiger partial charge in [0, 0.05) is 6.42 Å². The average Bonchev–Trinajstić information content (AvgIpc) is 2.75. The molecule has 182 valence electrons. The van der Waals surface area contributed by atoms with Crippen LogP contribution >= 0.6 is 0 Å². The Morgan fingerprint density at radius 1 is 0.879 bits per heavy atom. The third kappa shape index (κ3) is 9.25. The highest BCUT2D eigenvalue weighted by Gasteiger charge is 2.31. The van der Waals surface area contributed by atoms with E-state index in [1.807, 2.05) is 5.32 Å². The molecule has 0 radical (unpaired) electrons. The topological polar surface area (TPSA) is 214 Å². The lowest BCUT2D eigenvalue weighted by Gasteiger charge is -2.25. The number of aliphatic carboxylic acids is 1. The maximum Gasteiger partial charge on any atom is 0.326 e. The second-order valence-corrected chi connectivity index (χ2v) is 7.83. The molecular formula is C21H31N5O7. The summed E-state index contributed by atoms with van der Waals surface area (Å²) >= 11 is 0. The normalized spacial score (nSPS) is 14.5. The number of carboxylic acid groups (broad SMARTS) is 1. The maximum atomic E-state index is 12.9. The second kappa shape index (κ2) is 13.1. The number of carbonyl (C=O) groups is 5. The van der Waals surface area contributed by atoms with Gasteiger partial charge in [0.05, 0.1) is 19.1 Å². The molecule has 0 aliphatic heterocycles. The van der Waals surface area contributed by atoms with Gasteiger partial charge in [0.2, 0.25) is 23.6 Å². The zero-order chi connectivity index (χ0) is 25.1. The molecular weight excluding hydrogens is 434 g/mol. The van der Waals surface area contributed by atoms with E-state index in [0.29, 0.717) is 5.56 Å². The highest BCUT2D eigenvalue weighted by atomic mass is 16.4. The van der Waals surface area contributed by atoms with Crippen LogP contribution in [-0.2, 0) is 30.4 Å². The molecule has 0 fully saturated rings. The molecule has 0 aliphatic rings. The molecule has 4 atom stereocenters. The summed E-state index contributed by atoms with van der Waals surface area (Å²) in [5.74, 6) is -5.07. The largest absolute Gasteiger partial charge is 0.480 e. The zero-order valence-electron chi connectivity index (χ0n) is 18.5. The molecule has 4 unspecified atom stereocenters. The molecule has 0 heterocycles. The van der Waals surface area contributed by atoms with E-state index in [9.17, 15) is 29.1 Å². The number of nitrogens with one attached hydrogen (secondary N) is 3. The lowest BCUT2D eigenvalue weighted by Crippen LogP contribution is -2.59. The number of amides is 4. The van der Waals surface area contributed by atoms with Crippen molar-refractivity contribution in [2.75, 3.05) is 6.61 Å². The Bertz CT molecular complexity index is 847. The second-order valence-electron chi connectivity index (χ2n) is 7.83. The van der Waals surface area contributed by atoms with Crippen LogP contribution in [0.25, 0.3) is 0 Å². The van der Waals surface area contributed by atoms with Crippen LogP contribution in [0.3, 0.4) is 0 Å². The molecule has 1 aromatic carbocycles. The average molecular weight is 466 g/mol. The van der Waals surface area contributed by atoms with Gasteiger partial charge in [-0.1, -0.05) is 44.2 Å². The van der Waals surface area contributed by atoms with E-state index in [1.54, 1.807) is 44.2 Å². The summed E-state index contributed by atoms with van der Waals surface area (Å²) in [6.45, 7) is 2.62. The summed E-state index contributed by atoms with van der Waals surface area (Å²) in [7, 11) is 0. The summed E-state index contributed by atoms with van der Waals surface area (Å²) < 4.78 is 0. The minimum atomic E-state index is -1.63. The number of hydrogen-bond donors (Lipinski definition) is 7. The predicted octanol–water partition coefficient (Wildman–Crippen LogP) is -2.38. The lowest BCUT2D eigenvalue weighted by molar-refractivity contribution is -0.144. The number of carbonyl (C=O) groups excluding carboxylic acids is 4. The van der Waals surface area contributed by atoms with Crippen LogP contribution in [0.2, 0.25) is 0 Å². The van der Waals surface area contributed by atoms with Crippen LogP contribution in [-0.4, -0.2) is 70.6 Å². The summed E-state index contributed by atoms with van der Waals surface area (Å²) in [6.07, 6.45) is -0.602. The maximum absolute atomic E-state index is 12.9. The monoisotopic (exact) mass is 465 g/mol. The third-order valence-electron chi connectivity index (χ3n) is 4.77. The highest BCUT2D eigenvalue weighted by molar-refractivity contribution is 5.95. The first-order chi connectivity index (χ1) is 15.5. The minimum absolute atomic E-state index is 0.0718. The summed E-state index contributed by atoms with van der Waals surface area (Å²) in [4.78, 5) is 60.0. The van der Waals surface area contributed by atoms with Crippen molar-refractivity contribution < 1.29 is 34.2 Å². The molecule has 0 aromatic heterocycles. The Morgan fingerprint density at radius 2 is 1.39 bits per heavy atom. The van der Waals surface area contributed by atoms with Crippen LogP contribution in [0.5, 0.6) is 0 Å². The minimum Gasteiger partial charge on any atom is -0.480 e. The van der Waals surface area contributed by atoms with Crippen molar-refractivity contribution in [2.24, 2.45) is 17.4 Å². The van der Waals surface area contributed by atoms with Crippen LogP contribution in [0.1, 0.15) is 25.8 Å². The van der Waals surface area contributed by atoms with E-state index in [-0.39, 0.29) is 12.3 Å². The Labute approximate surface area is 191 Å². The Kier molecular flexibility index (Phi) is 11.0. The lowest BCUT2D eigenvalue weighted by atomic mass is 10.0. The molecule has 0 aliphatic carbocycles. The van der Waals surface area contributed by atoms with E-state index >= 15 is 0 Å². The van der Waals surface area contributed by atoms with Crippen molar-refractivity contribution in [3.05, 3.63) is 35.9 Å². The van der Waals surface area contributed by atoms with Gasteiger partial charge >= 0.3 is 5.97 Å². The van der Waals surface area contributed by atoms with E-state index < -0.39 is 66.8 Å². The fourth-order valence-electron chi connectivity index (χ4n) is 2.77. The van der Waals surface area contributed by atoms with E-state index in [0.717, 1.165) is 0 Å². The Morgan fingerprint density at radius 3 is 1.88 bits per heavy atom. The molecule has 1 rings (SSSR count). The molecule has 33 heavy (non-hydrogen) atoms. The quantitative estimate of drug-likeness (QED) is 0.167. The molecule has 0 saturated heterocycles. The van der Waals surface area contributed by atoms with Gasteiger partial charge in [-0.3, -0.25) is 19.2 Å². The van der Waals surface area contributed by atoms with Gasteiger partial charge in [0.25, 0.3) is 0 Å². The smallest absolute Gasteiger partial charge is 0.326 e. The van der Waals surface area contributed by atoms with Gasteiger partial charge in [-0.05, 0) is 11.5 Å². The zero-order valence-corrected chi connectivity index (χ0v) is 18.5. The first-order valence-electron chi connectivity index (χ1n) is 10.3. The van der Waals surface area contributed by atoms with E-state index in [1.165, 1.54) is 0 Å². The molecule has 12 heteroatoms. The van der Waals surface area contributed by atoms with Gasteiger partial charge in [0.15, 0.2) is 0 Å². The standard InChI is InChI=1S/C21H31N5O7/c1-11(2)17(23)20(31)24-13(8-12-6-4-3-5-7-12)18(29)26-15(10-27)19(30)25-14(21(32)33)9-16(22)28/h3-7,11,13-15,17,27H,8-10,23H2,1-2H3,(H2,22,28)(H,24,31)(H,25,30)(H,26,29)(H,32,33). The molecule has 4 amide bonds. The number of carboxylic acids is 1. The summed E-state index contributed by atoms with van der Waals surface area (Å²) in [5.41, 5.74) is 11.6. The number of primary amides is 1. The first-order valence-corrected chi connectivity index (χ1v) is 10.3. The van der Waals surface area contributed by atoms with Crippen molar-refractivity contribution in [1.82, 2.24) is 16.0 Å². The van der Waals surface area contributed by atoms with Crippen LogP contribution < -0.4 is 27.4 Å². The summed E-state index contributed by atoms with van der Waals surface area (Å²) in [5, 5.41) is 25.6. The summed E-state index contributed by atoms with van der Waals surface area (Å²) in [6, 6.07) is 3.58. The van der Waals surface area contributed by atoms with Crippen LogP contribution in [0.15, 0.2) is 30.3 Å². The Hall–Kier alpha value is -3.51. The Balaban J connectivity index is 2.99. The fraction of sp³-hybridized carbons (Fsp3) is 0.476. The number of rotatable bonds is 13. The van der Waals surface area contributed by atoms with Crippen molar-refractivity contribution >= 4 is 29.6 Å². The number of hydrogen-bond acceptors (Lipinski definition) is 7. The van der Waals surface area contributed by atoms with Crippen molar-refractivity contribution in [2.45, 2.75) is 50.9 Å². The van der Waals surface area contributed by atoms with Gasteiger partial charge in [-0.15, -0.1) is 0 Å². The van der Waals surface area contributed by atoms with Gasteiger partial charge in [-0.2, -0.15) is 0 Å². The van der Waals surface area contributed by atoms with Gasteiger partial charge in [-0.25, -0.2) is 4.79 Å². The molecule has 0 bridgehead atoms. The van der Waals surface area contributed by atoms with Crippen molar-refractivity contribution in [1.29, 1.82) is 0 Å². The predicted molar refractivity (Wildman–Crippen MR) is 117 cm³/mol. The number of aliphatic hydroxyl groups excluding tert-OH is 1. The van der Waals surface area contributed by atoms with Crippen LogP contribution in [0, 0.1) is 5.92 Å². The highest BCUT2D eigenvalue weighted by Crippen LogP contribution is 2.06. The molecule has 0 saturated carbocycles. The van der Waals surface area contributed by atoms with Crippen molar-refractivity contribution in [3.63, 3.8) is 0 Å². The third-order valence-corrected chi connectivity index (χ3v) is 4.77. The van der Waals surface area contributed by atoms with Gasteiger partial charge in [0.1, 0.15) is 18.1 Å². The van der Waals surface area contributed by atoms with Crippen LogP contribution in [0.4, 0.5) is 0 Å². The SMILES string of the molecule is CC(C)C(N)C(=O)NC(Cc1ccccc1)C(=O)NC(CO)C(=O)NC(CC(N)=O)C(=O)O. The molecule has 0 spiro atoms. The number of benzene rings is 1. The van der Waals surface area contributed by atoms with Gasteiger partial charge < -0.3 is 37.6 Å². The van der Waals surface area contributed by atoms with E-state index in [2.05, 4.69) is 10.6 Å². The molecule has 12 nitrogen and oxygen atoms in total. The molecule has 9 N–H and O–H groups in total.